The fourth-order valence-corrected chi connectivity index (χ4v) is 5.17. The van der Waals surface area contributed by atoms with Crippen molar-refractivity contribution >= 4 is 83.9 Å². The fourth-order valence-electron chi connectivity index (χ4n) is 2.83. The topological polar surface area (TPSA) is 43.1 Å². The van der Waals surface area contributed by atoms with E-state index < -0.39 is 0 Å². The number of nitro benzene ring substituents is 1. The standard InChI is InChI=1S/C16H7BINO2S/c17-8-5-6-12-11(7-8)13-9-3-1-2-4-10(9)14(18)15(19(20)21)16(13)22-12/h1-7H. The molecule has 1 heterocycles. The molecule has 0 amide bonds. The third-order valence-electron chi connectivity index (χ3n) is 3.75. The Labute approximate surface area is 144 Å². The summed E-state index contributed by atoms with van der Waals surface area (Å²) >= 11 is 3.53. The van der Waals surface area contributed by atoms with E-state index in [1.807, 2.05) is 42.5 Å². The molecule has 0 N–H and O–H groups in total. The second-order valence-corrected chi connectivity index (χ2v) is 7.16. The van der Waals surface area contributed by atoms with Gasteiger partial charge in [-0.2, -0.15) is 0 Å². The van der Waals surface area contributed by atoms with Crippen LogP contribution in [-0.2, 0) is 0 Å². The first-order chi connectivity index (χ1) is 10.6. The summed E-state index contributed by atoms with van der Waals surface area (Å²) < 4.78 is 2.42. The Bertz CT molecular complexity index is 1090. The van der Waals surface area contributed by atoms with E-state index in [9.17, 15) is 10.1 Å². The number of rotatable bonds is 1. The van der Waals surface area contributed by atoms with Crippen molar-refractivity contribution in [3.8, 4) is 0 Å². The van der Waals surface area contributed by atoms with Gasteiger partial charge in [0.1, 0.15) is 16.1 Å². The summed E-state index contributed by atoms with van der Waals surface area (Å²) in [5, 5.41) is 15.5. The van der Waals surface area contributed by atoms with Crippen LogP contribution in [0.15, 0.2) is 42.5 Å². The third-order valence-corrected chi connectivity index (χ3v) is 6.02. The lowest BCUT2D eigenvalue weighted by atomic mass is 9.93. The molecule has 0 saturated heterocycles. The summed E-state index contributed by atoms with van der Waals surface area (Å²) in [6.07, 6.45) is 0. The number of nitrogens with zero attached hydrogens (tertiary/aromatic N) is 1. The normalized spacial score (nSPS) is 11.5. The van der Waals surface area contributed by atoms with Crippen LogP contribution in [0, 0.1) is 13.7 Å². The van der Waals surface area contributed by atoms with Crippen molar-refractivity contribution in [2.75, 3.05) is 0 Å². The largest absolute Gasteiger partial charge is 0.300 e. The first-order valence-corrected chi connectivity index (χ1v) is 8.44. The Morgan fingerprint density at radius 2 is 1.82 bits per heavy atom. The maximum absolute atomic E-state index is 11.6. The van der Waals surface area contributed by atoms with Crippen LogP contribution in [0.5, 0.6) is 0 Å². The van der Waals surface area contributed by atoms with Gasteiger partial charge in [0, 0.05) is 20.9 Å². The molecule has 0 bridgehead atoms. The van der Waals surface area contributed by atoms with E-state index in [2.05, 4.69) is 22.6 Å². The van der Waals surface area contributed by atoms with Gasteiger partial charge in [-0.1, -0.05) is 41.9 Å². The van der Waals surface area contributed by atoms with Gasteiger partial charge in [-0.25, -0.2) is 0 Å². The first-order valence-electron chi connectivity index (χ1n) is 6.54. The Balaban J connectivity index is 2.40. The highest BCUT2D eigenvalue weighted by Crippen LogP contribution is 2.45. The van der Waals surface area contributed by atoms with Crippen LogP contribution in [0.3, 0.4) is 0 Å². The van der Waals surface area contributed by atoms with Crippen molar-refractivity contribution in [2.45, 2.75) is 0 Å². The molecule has 4 aromatic rings. The van der Waals surface area contributed by atoms with Crippen LogP contribution in [0.25, 0.3) is 30.9 Å². The van der Waals surface area contributed by atoms with Gasteiger partial charge in [0.2, 0.25) is 0 Å². The molecular weight excluding hydrogens is 408 g/mol. The first kappa shape index (κ1) is 14.0. The van der Waals surface area contributed by atoms with E-state index in [-0.39, 0.29) is 10.6 Å². The SMILES string of the molecule is [B]c1ccc2sc3c([N+](=O)[O-])c(I)c4ccccc4c3c2c1. The molecule has 0 aliphatic carbocycles. The molecule has 3 nitrogen and oxygen atoms in total. The molecule has 0 saturated carbocycles. The average Bonchev–Trinajstić information content (AvgIpc) is 2.85. The van der Waals surface area contributed by atoms with Crippen LogP contribution in [0.4, 0.5) is 5.69 Å². The van der Waals surface area contributed by atoms with Gasteiger partial charge in [-0.05, 0) is 34.0 Å². The maximum atomic E-state index is 11.6. The second-order valence-electron chi connectivity index (χ2n) is 5.03. The predicted octanol–water partition coefficient (Wildman–Crippen LogP) is 4.51. The maximum Gasteiger partial charge on any atom is 0.300 e. The zero-order valence-electron chi connectivity index (χ0n) is 11.2. The van der Waals surface area contributed by atoms with Crippen molar-refractivity contribution in [1.82, 2.24) is 0 Å². The van der Waals surface area contributed by atoms with Crippen molar-refractivity contribution in [3.63, 3.8) is 0 Å². The van der Waals surface area contributed by atoms with Crippen LogP contribution in [-0.4, -0.2) is 12.8 Å². The molecule has 0 fully saturated rings. The lowest BCUT2D eigenvalue weighted by Gasteiger charge is -2.05. The van der Waals surface area contributed by atoms with Crippen LogP contribution < -0.4 is 5.46 Å². The number of hydrogen-bond donors (Lipinski definition) is 0. The van der Waals surface area contributed by atoms with E-state index in [0.29, 0.717) is 13.7 Å². The monoisotopic (exact) mass is 415 g/mol. The highest BCUT2D eigenvalue weighted by atomic mass is 127. The van der Waals surface area contributed by atoms with Gasteiger partial charge in [0.25, 0.3) is 0 Å². The molecule has 4 rings (SSSR count). The predicted molar refractivity (Wildman–Crippen MR) is 102 cm³/mol. The van der Waals surface area contributed by atoms with Crippen molar-refractivity contribution in [3.05, 3.63) is 56.1 Å². The van der Waals surface area contributed by atoms with E-state index in [1.54, 1.807) is 0 Å². The van der Waals surface area contributed by atoms with E-state index >= 15 is 0 Å². The van der Waals surface area contributed by atoms with E-state index in [1.165, 1.54) is 11.3 Å². The Morgan fingerprint density at radius 3 is 2.55 bits per heavy atom. The number of halogens is 1. The molecular formula is C16H7BINO2S. The summed E-state index contributed by atoms with van der Waals surface area (Å²) in [4.78, 5) is 11.3. The minimum absolute atomic E-state index is 0.189. The number of fused-ring (bicyclic) bond motifs is 5. The van der Waals surface area contributed by atoms with Gasteiger partial charge in [0.15, 0.2) is 0 Å². The van der Waals surface area contributed by atoms with Gasteiger partial charge in [0.05, 0.1) is 4.92 Å². The minimum atomic E-state index is -0.282. The number of thiophene rings is 1. The fraction of sp³-hybridized carbons (Fsp3) is 0. The average molecular weight is 415 g/mol. The van der Waals surface area contributed by atoms with Crippen LogP contribution in [0.2, 0.25) is 0 Å². The van der Waals surface area contributed by atoms with Crippen molar-refractivity contribution in [1.29, 1.82) is 0 Å². The molecule has 0 atom stereocenters. The zero-order valence-corrected chi connectivity index (χ0v) is 14.1. The molecule has 6 heteroatoms. The smallest absolute Gasteiger partial charge is 0.258 e. The Morgan fingerprint density at radius 1 is 1.09 bits per heavy atom. The summed E-state index contributed by atoms with van der Waals surface area (Å²) in [6.45, 7) is 0. The van der Waals surface area contributed by atoms with Gasteiger partial charge in [-0.15, -0.1) is 11.3 Å². The molecule has 0 aliphatic heterocycles. The number of hydrogen-bond acceptors (Lipinski definition) is 3. The molecule has 3 aromatic carbocycles. The van der Waals surface area contributed by atoms with Crippen LogP contribution in [0.1, 0.15) is 0 Å². The summed E-state index contributed by atoms with van der Waals surface area (Å²) in [6, 6.07) is 13.5. The highest BCUT2D eigenvalue weighted by Gasteiger charge is 2.24. The lowest BCUT2D eigenvalue weighted by Crippen LogP contribution is -1.98. The third kappa shape index (κ3) is 1.87. The lowest BCUT2D eigenvalue weighted by molar-refractivity contribution is -0.383. The Hall–Kier alpha value is -1.67. The second kappa shape index (κ2) is 4.92. The van der Waals surface area contributed by atoms with Gasteiger partial charge < -0.3 is 0 Å². The summed E-state index contributed by atoms with van der Waals surface area (Å²) in [7, 11) is 5.92. The van der Waals surface area contributed by atoms with Crippen molar-refractivity contribution in [2.24, 2.45) is 0 Å². The molecule has 104 valence electrons. The van der Waals surface area contributed by atoms with E-state index in [4.69, 9.17) is 7.85 Å². The Kier molecular flexibility index (Phi) is 3.12. The molecule has 0 spiro atoms. The number of nitro groups is 1. The minimum Gasteiger partial charge on any atom is -0.258 e. The quantitative estimate of drug-likeness (QED) is 0.199. The molecule has 1 aromatic heterocycles. The highest BCUT2D eigenvalue weighted by molar-refractivity contribution is 14.1. The van der Waals surface area contributed by atoms with E-state index in [0.717, 1.165) is 26.2 Å². The molecule has 22 heavy (non-hydrogen) atoms. The molecule has 0 unspecified atom stereocenters. The summed E-state index contributed by atoms with van der Waals surface area (Å²) in [5.41, 5.74) is 0.853. The molecule has 2 radical (unpaired) electrons. The van der Waals surface area contributed by atoms with Crippen LogP contribution >= 0.6 is 33.9 Å². The molecule has 0 aliphatic rings. The van der Waals surface area contributed by atoms with Crippen molar-refractivity contribution < 1.29 is 4.92 Å². The van der Waals surface area contributed by atoms with Gasteiger partial charge >= 0.3 is 5.69 Å². The number of benzene rings is 3. The summed E-state index contributed by atoms with van der Waals surface area (Å²) in [5.74, 6) is 0. The zero-order chi connectivity index (χ0) is 15.4. The van der Waals surface area contributed by atoms with Gasteiger partial charge in [-0.3, -0.25) is 10.1 Å².